The summed E-state index contributed by atoms with van der Waals surface area (Å²) in [5.74, 6) is 1.02. The lowest BCUT2D eigenvalue weighted by Gasteiger charge is -2.28. The topological polar surface area (TPSA) is 38.8 Å². The number of likely N-dealkylation sites (tertiary alicyclic amines) is 1. The lowest BCUT2D eigenvalue weighted by molar-refractivity contribution is 0.105. The number of benzene rings is 1. The Bertz CT molecular complexity index is 510. The first-order valence-electron chi connectivity index (χ1n) is 6.73. The van der Waals surface area contributed by atoms with Crippen LogP contribution >= 0.6 is 12.2 Å². The van der Waals surface area contributed by atoms with Crippen molar-refractivity contribution in [1.29, 1.82) is 0 Å². The Morgan fingerprint density at radius 1 is 1.10 bits per heavy atom. The molecule has 0 radical (unpaired) electrons. The Morgan fingerprint density at radius 3 is 2.35 bits per heavy atom. The van der Waals surface area contributed by atoms with E-state index in [0.717, 1.165) is 25.9 Å². The molecule has 0 aromatic heterocycles. The second kappa shape index (κ2) is 6.70. The number of carbonyl (C=O) groups excluding carboxylic acids is 1. The predicted molar refractivity (Wildman–Crippen MR) is 81.9 cm³/mol. The molecule has 4 nitrogen and oxygen atoms in total. The third kappa shape index (κ3) is 3.10. The van der Waals surface area contributed by atoms with Crippen molar-refractivity contribution in [3.63, 3.8) is 0 Å². The molecule has 0 saturated carbocycles. The van der Waals surface area contributed by atoms with Gasteiger partial charge in [-0.25, -0.2) is 0 Å². The summed E-state index contributed by atoms with van der Waals surface area (Å²) in [5, 5.41) is 0. The second-order valence-electron chi connectivity index (χ2n) is 4.75. The third-order valence-electron chi connectivity index (χ3n) is 3.48. The molecule has 1 fully saturated rings. The number of Topliss-reactive ketones (excluding diaryl/α,β-unsaturated/α-hetero) is 1. The molecular formula is C15H19NO3S. The summed E-state index contributed by atoms with van der Waals surface area (Å²) in [7, 11) is 3.12. The maximum atomic E-state index is 12.4. The molecule has 0 bridgehead atoms. The molecule has 1 aromatic rings. The fourth-order valence-corrected chi connectivity index (χ4v) is 2.64. The lowest BCUT2D eigenvalue weighted by Crippen LogP contribution is -2.38. The number of piperidine rings is 1. The molecule has 1 saturated heterocycles. The van der Waals surface area contributed by atoms with Gasteiger partial charge in [-0.15, -0.1) is 0 Å². The molecule has 1 aliphatic rings. The number of ketones is 1. The lowest BCUT2D eigenvalue weighted by atomic mass is 10.1. The number of methoxy groups -OCH3 is 2. The van der Waals surface area contributed by atoms with Gasteiger partial charge >= 0.3 is 0 Å². The largest absolute Gasteiger partial charge is 0.493 e. The molecule has 1 aromatic carbocycles. The van der Waals surface area contributed by atoms with Crippen molar-refractivity contribution < 1.29 is 14.3 Å². The Kier molecular flexibility index (Phi) is 4.95. The van der Waals surface area contributed by atoms with Gasteiger partial charge in [-0.05, 0) is 37.5 Å². The maximum Gasteiger partial charge on any atom is 0.220 e. The van der Waals surface area contributed by atoms with Crippen molar-refractivity contribution in [1.82, 2.24) is 4.90 Å². The van der Waals surface area contributed by atoms with E-state index in [2.05, 4.69) is 0 Å². The van der Waals surface area contributed by atoms with Crippen molar-refractivity contribution in [3.05, 3.63) is 23.8 Å². The highest BCUT2D eigenvalue weighted by atomic mass is 32.1. The third-order valence-corrected chi connectivity index (χ3v) is 3.93. The molecule has 20 heavy (non-hydrogen) atoms. The van der Waals surface area contributed by atoms with Gasteiger partial charge in [0.25, 0.3) is 0 Å². The monoisotopic (exact) mass is 293 g/mol. The van der Waals surface area contributed by atoms with Crippen LogP contribution in [0, 0.1) is 0 Å². The molecule has 0 N–H and O–H groups in total. The van der Waals surface area contributed by atoms with Crippen LogP contribution in [-0.4, -0.2) is 43.0 Å². The first-order valence-corrected chi connectivity index (χ1v) is 7.14. The summed E-state index contributed by atoms with van der Waals surface area (Å²) in [6, 6.07) is 5.13. The molecule has 1 aliphatic heterocycles. The smallest absolute Gasteiger partial charge is 0.220 e. The van der Waals surface area contributed by atoms with Crippen LogP contribution in [0.5, 0.6) is 11.5 Å². The first kappa shape index (κ1) is 14.8. The number of ether oxygens (including phenoxy) is 2. The summed E-state index contributed by atoms with van der Waals surface area (Å²) >= 11 is 5.32. The van der Waals surface area contributed by atoms with Crippen molar-refractivity contribution in [2.75, 3.05) is 27.3 Å². The van der Waals surface area contributed by atoms with Crippen LogP contribution < -0.4 is 9.47 Å². The van der Waals surface area contributed by atoms with Crippen molar-refractivity contribution in [3.8, 4) is 11.5 Å². The zero-order chi connectivity index (χ0) is 14.5. The number of hydrogen-bond donors (Lipinski definition) is 0. The van der Waals surface area contributed by atoms with Crippen LogP contribution in [0.2, 0.25) is 0 Å². The van der Waals surface area contributed by atoms with Gasteiger partial charge in [0.05, 0.1) is 14.2 Å². The second-order valence-corrected chi connectivity index (χ2v) is 5.14. The quantitative estimate of drug-likeness (QED) is 0.630. The number of nitrogens with zero attached hydrogens (tertiary/aromatic N) is 1. The fraction of sp³-hybridized carbons (Fsp3) is 0.467. The summed E-state index contributed by atoms with van der Waals surface area (Å²) in [5.41, 5.74) is 0.540. The minimum Gasteiger partial charge on any atom is -0.493 e. The summed E-state index contributed by atoms with van der Waals surface area (Å²) in [6.45, 7) is 1.75. The number of carbonyl (C=O) groups is 1. The van der Waals surface area contributed by atoms with Gasteiger partial charge < -0.3 is 14.4 Å². The Labute approximate surface area is 124 Å². The van der Waals surface area contributed by atoms with Crippen LogP contribution in [0.15, 0.2) is 18.2 Å². The molecule has 2 rings (SSSR count). The van der Waals surface area contributed by atoms with Crippen LogP contribution in [0.25, 0.3) is 0 Å². The molecule has 5 heteroatoms. The zero-order valence-electron chi connectivity index (χ0n) is 11.8. The highest BCUT2D eigenvalue weighted by Gasteiger charge is 2.21. The summed E-state index contributed by atoms with van der Waals surface area (Å²) in [6.07, 6.45) is 3.41. The number of rotatable bonds is 4. The maximum absolute atomic E-state index is 12.4. The average Bonchev–Trinajstić information content (AvgIpc) is 2.53. The summed E-state index contributed by atoms with van der Waals surface area (Å²) < 4.78 is 10.4. The standard InChI is InChI=1S/C15H19NO3S/c1-18-12-7-6-11(10-13(12)19-2)14(17)15(20)16-8-4-3-5-9-16/h6-7,10H,3-5,8-9H2,1-2H3. The van der Waals surface area contributed by atoms with E-state index in [1.165, 1.54) is 6.42 Å². The molecular weight excluding hydrogens is 274 g/mol. The van der Waals surface area contributed by atoms with E-state index in [9.17, 15) is 4.79 Å². The Balaban J connectivity index is 2.17. The van der Waals surface area contributed by atoms with Gasteiger partial charge in [-0.3, -0.25) is 4.79 Å². The van der Waals surface area contributed by atoms with E-state index in [-0.39, 0.29) is 5.78 Å². The summed E-state index contributed by atoms with van der Waals surface area (Å²) in [4.78, 5) is 14.8. The predicted octanol–water partition coefficient (Wildman–Crippen LogP) is 2.70. The Hall–Kier alpha value is -1.62. The first-order chi connectivity index (χ1) is 9.67. The van der Waals surface area contributed by atoms with Crippen molar-refractivity contribution in [2.24, 2.45) is 0 Å². The number of thiocarbonyl (C=S) groups is 1. The fourth-order valence-electron chi connectivity index (χ4n) is 2.34. The van der Waals surface area contributed by atoms with Gasteiger partial charge in [-0.2, -0.15) is 0 Å². The highest BCUT2D eigenvalue weighted by molar-refractivity contribution is 7.82. The van der Waals surface area contributed by atoms with Gasteiger partial charge in [0.1, 0.15) is 0 Å². The SMILES string of the molecule is COc1ccc(C(=O)C(=S)N2CCCCC2)cc1OC. The van der Waals surface area contributed by atoms with E-state index in [4.69, 9.17) is 21.7 Å². The van der Waals surface area contributed by atoms with Crippen molar-refractivity contribution >= 4 is 23.0 Å². The molecule has 0 unspecified atom stereocenters. The minimum atomic E-state index is -0.122. The Morgan fingerprint density at radius 2 is 1.75 bits per heavy atom. The molecule has 0 aliphatic carbocycles. The highest BCUT2D eigenvalue weighted by Crippen LogP contribution is 2.28. The van der Waals surface area contributed by atoms with E-state index in [1.807, 2.05) is 4.90 Å². The van der Waals surface area contributed by atoms with E-state index >= 15 is 0 Å². The number of hydrogen-bond acceptors (Lipinski definition) is 4. The molecule has 108 valence electrons. The molecule has 0 amide bonds. The minimum absolute atomic E-state index is 0.122. The van der Waals surface area contributed by atoms with E-state index < -0.39 is 0 Å². The van der Waals surface area contributed by atoms with E-state index in [0.29, 0.717) is 22.1 Å². The molecule has 1 heterocycles. The normalized spacial score (nSPS) is 14.8. The van der Waals surface area contributed by atoms with Gasteiger partial charge in [-0.1, -0.05) is 12.2 Å². The average molecular weight is 293 g/mol. The van der Waals surface area contributed by atoms with Crippen LogP contribution in [0.1, 0.15) is 29.6 Å². The molecule has 0 spiro atoms. The van der Waals surface area contributed by atoms with Crippen molar-refractivity contribution in [2.45, 2.75) is 19.3 Å². The molecule has 0 atom stereocenters. The van der Waals surface area contributed by atoms with Crippen LogP contribution in [0.4, 0.5) is 0 Å². The van der Waals surface area contributed by atoms with Crippen LogP contribution in [0.3, 0.4) is 0 Å². The zero-order valence-corrected chi connectivity index (χ0v) is 12.7. The van der Waals surface area contributed by atoms with Crippen LogP contribution in [-0.2, 0) is 0 Å². The van der Waals surface area contributed by atoms with E-state index in [1.54, 1.807) is 32.4 Å². The van der Waals surface area contributed by atoms with Gasteiger partial charge in [0.2, 0.25) is 5.78 Å². The van der Waals surface area contributed by atoms with Gasteiger partial charge in [0.15, 0.2) is 16.5 Å². The van der Waals surface area contributed by atoms with Gasteiger partial charge in [0, 0.05) is 18.7 Å².